The van der Waals surface area contributed by atoms with E-state index in [0.717, 1.165) is 6.92 Å². The highest BCUT2D eigenvalue weighted by molar-refractivity contribution is 7.80. The van der Waals surface area contributed by atoms with Gasteiger partial charge in [-0.3, -0.25) is 9.35 Å². The fourth-order valence-electron chi connectivity index (χ4n) is 3.26. The van der Waals surface area contributed by atoms with Crippen molar-refractivity contribution in [2.75, 3.05) is 20.3 Å². The van der Waals surface area contributed by atoms with E-state index < -0.39 is 84.3 Å². The number of ether oxygens (including phenoxy) is 4. The number of aliphatic hydroxyl groups is 5. The Morgan fingerprint density at radius 3 is 2.13 bits per heavy atom. The van der Waals surface area contributed by atoms with Gasteiger partial charge in [0.05, 0.1) is 13.2 Å². The second kappa shape index (κ2) is 10.7. The molecule has 2 aliphatic rings. The number of hydrogen-bond acceptors (Lipinski definition) is 13. The SMILES string of the molecule is COC[C@H]1OC(O)[C@H](NC(C)=O)[C@@H](O[C@@H]2O[C@H](COS(=O)(=O)O)[C@H](O)[C@H](O)[C@H]2O)[C@H]1O. The van der Waals surface area contributed by atoms with E-state index in [9.17, 15) is 38.7 Å². The van der Waals surface area contributed by atoms with E-state index in [0.29, 0.717) is 0 Å². The fraction of sp³-hybridized carbons (Fsp3) is 0.933. The zero-order valence-electron chi connectivity index (χ0n) is 16.5. The van der Waals surface area contributed by atoms with Gasteiger partial charge in [0.25, 0.3) is 0 Å². The predicted molar refractivity (Wildman–Crippen MR) is 95.4 cm³/mol. The highest BCUT2D eigenvalue weighted by Crippen LogP contribution is 2.29. The van der Waals surface area contributed by atoms with Gasteiger partial charge in [0.2, 0.25) is 5.91 Å². The topological polar surface area (TPSA) is 231 Å². The standard InChI is InChI=1S/C15H27NO14S/c1-5(17)16-8-13(10(19)6(3-26-2)28-14(8)22)30-15-12(21)11(20)9(18)7(29-15)4-27-31(23,24)25/h6-15,18-22H,3-4H2,1-2H3,(H,16,17)(H,23,24,25)/t6-,7-,8-,9+,10+,11+,12-,13-,14?,15+/m1/s1. The van der Waals surface area contributed by atoms with Crippen molar-refractivity contribution in [2.24, 2.45) is 0 Å². The van der Waals surface area contributed by atoms with Crippen LogP contribution >= 0.6 is 0 Å². The minimum absolute atomic E-state index is 0.175. The average molecular weight is 477 g/mol. The van der Waals surface area contributed by atoms with Crippen LogP contribution in [-0.2, 0) is 38.3 Å². The summed E-state index contributed by atoms with van der Waals surface area (Å²) in [4.78, 5) is 11.5. The Labute approximate surface area is 177 Å². The van der Waals surface area contributed by atoms with Gasteiger partial charge in [-0.05, 0) is 0 Å². The molecule has 0 aliphatic carbocycles. The molecule has 10 atom stereocenters. The summed E-state index contributed by atoms with van der Waals surface area (Å²) in [7, 11) is -3.59. The fourth-order valence-corrected chi connectivity index (χ4v) is 3.57. The second-order valence-electron chi connectivity index (χ2n) is 7.06. The van der Waals surface area contributed by atoms with E-state index >= 15 is 0 Å². The lowest BCUT2D eigenvalue weighted by Gasteiger charge is -2.46. The van der Waals surface area contributed by atoms with Crippen LogP contribution < -0.4 is 5.32 Å². The predicted octanol–water partition coefficient (Wildman–Crippen LogP) is -4.77. The van der Waals surface area contributed by atoms with Crippen molar-refractivity contribution in [1.29, 1.82) is 0 Å². The van der Waals surface area contributed by atoms with E-state index in [1.807, 2.05) is 0 Å². The number of amides is 1. The maximum Gasteiger partial charge on any atom is 0.397 e. The molecule has 7 N–H and O–H groups in total. The van der Waals surface area contributed by atoms with Crippen LogP contribution in [0, 0.1) is 0 Å². The van der Waals surface area contributed by atoms with Crippen molar-refractivity contribution in [3.63, 3.8) is 0 Å². The van der Waals surface area contributed by atoms with E-state index in [2.05, 4.69) is 9.50 Å². The molecule has 16 heteroatoms. The van der Waals surface area contributed by atoms with Gasteiger partial charge in [0, 0.05) is 14.0 Å². The number of aliphatic hydroxyl groups excluding tert-OH is 5. The summed E-state index contributed by atoms with van der Waals surface area (Å²) in [5, 5.41) is 53.4. The molecule has 31 heavy (non-hydrogen) atoms. The van der Waals surface area contributed by atoms with Crippen molar-refractivity contribution in [1.82, 2.24) is 5.32 Å². The molecule has 182 valence electrons. The molecule has 2 heterocycles. The molecule has 0 aromatic heterocycles. The lowest BCUT2D eigenvalue weighted by Crippen LogP contribution is -2.67. The smallest absolute Gasteiger partial charge is 0.388 e. The number of hydrogen-bond donors (Lipinski definition) is 7. The Bertz CT molecular complexity index is 706. The third kappa shape index (κ3) is 6.73. The van der Waals surface area contributed by atoms with Crippen LogP contribution in [0.3, 0.4) is 0 Å². The Balaban J connectivity index is 2.23. The summed E-state index contributed by atoms with van der Waals surface area (Å²) >= 11 is 0. The van der Waals surface area contributed by atoms with Crippen LogP contribution in [0.25, 0.3) is 0 Å². The summed E-state index contributed by atoms with van der Waals surface area (Å²) in [6, 6.07) is -1.34. The number of rotatable bonds is 8. The molecule has 0 bridgehead atoms. The Kier molecular flexibility index (Phi) is 9.08. The van der Waals surface area contributed by atoms with Crippen LogP contribution in [-0.4, -0.2) is 126 Å². The molecule has 2 fully saturated rings. The van der Waals surface area contributed by atoms with Crippen LogP contribution in [0.15, 0.2) is 0 Å². The highest BCUT2D eigenvalue weighted by Gasteiger charge is 2.51. The summed E-state index contributed by atoms with van der Waals surface area (Å²) in [5.74, 6) is -0.612. The van der Waals surface area contributed by atoms with Crippen molar-refractivity contribution in [2.45, 2.75) is 68.3 Å². The number of carbonyl (C=O) groups excluding carboxylic acids is 1. The highest BCUT2D eigenvalue weighted by atomic mass is 32.3. The Morgan fingerprint density at radius 2 is 1.58 bits per heavy atom. The van der Waals surface area contributed by atoms with Gasteiger partial charge in [-0.2, -0.15) is 8.42 Å². The Hall–Kier alpha value is -1.02. The zero-order valence-corrected chi connectivity index (χ0v) is 17.4. The van der Waals surface area contributed by atoms with E-state index in [1.54, 1.807) is 0 Å². The van der Waals surface area contributed by atoms with Gasteiger partial charge in [0.15, 0.2) is 12.6 Å². The largest absolute Gasteiger partial charge is 0.397 e. The molecule has 0 radical (unpaired) electrons. The van der Waals surface area contributed by atoms with E-state index in [1.165, 1.54) is 7.11 Å². The summed E-state index contributed by atoms with van der Waals surface area (Å²) in [5.41, 5.74) is 0. The molecule has 1 amide bonds. The quantitative estimate of drug-likeness (QED) is 0.163. The molecule has 0 aromatic rings. The lowest BCUT2D eigenvalue weighted by molar-refractivity contribution is -0.341. The maximum atomic E-state index is 11.5. The van der Waals surface area contributed by atoms with Gasteiger partial charge in [-0.25, -0.2) is 4.18 Å². The first-order valence-corrected chi connectivity index (χ1v) is 10.5. The first-order valence-electron chi connectivity index (χ1n) is 9.10. The van der Waals surface area contributed by atoms with Gasteiger partial charge < -0.3 is 49.8 Å². The van der Waals surface area contributed by atoms with E-state index in [4.69, 9.17) is 23.5 Å². The molecular weight excluding hydrogens is 450 g/mol. The minimum atomic E-state index is -4.90. The second-order valence-corrected chi connectivity index (χ2v) is 8.16. The van der Waals surface area contributed by atoms with Gasteiger partial charge in [-0.15, -0.1) is 0 Å². The monoisotopic (exact) mass is 477 g/mol. The molecule has 2 rings (SSSR count). The normalized spacial score (nSPS) is 41.7. The molecule has 1 unspecified atom stereocenters. The van der Waals surface area contributed by atoms with Crippen molar-refractivity contribution in [3.8, 4) is 0 Å². The number of methoxy groups -OCH3 is 1. The molecule has 2 aliphatic heterocycles. The third-order valence-corrected chi connectivity index (χ3v) is 5.17. The molecule has 0 spiro atoms. The summed E-state index contributed by atoms with van der Waals surface area (Å²) in [6.07, 6.45) is -14.7. The van der Waals surface area contributed by atoms with Crippen LogP contribution in [0.2, 0.25) is 0 Å². The first-order chi connectivity index (χ1) is 14.4. The molecule has 2 saturated heterocycles. The van der Waals surface area contributed by atoms with Crippen molar-refractivity contribution >= 4 is 16.3 Å². The average Bonchev–Trinajstić information content (AvgIpc) is 2.66. The minimum Gasteiger partial charge on any atom is -0.388 e. The van der Waals surface area contributed by atoms with E-state index in [-0.39, 0.29) is 6.61 Å². The van der Waals surface area contributed by atoms with Crippen LogP contribution in [0.4, 0.5) is 0 Å². The van der Waals surface area contributed by atoms with Gasteiger partial charge >= 0.3 is 10.4 Å². The maximum absolute atomic E-state index is 11.5. The van der Waals surface area contributed by atoms with Crippen molar-refractivity contribution in [3.05, 3.63) is 0 Å². The zero-order chi connectivity index (χ0) is 23.5. The number of carbonyl (C=O) groups is 1. The Morgan fingerprint density at radius 1 is 0.968 bits per heavy atom. The molecule has 0 aromatic carbocycles. The summed E-state index contributed by atoms with van der Waals surface area (Å²) < 4.78 is 55.3. The molecular formula is C15H27NO14S. The van der Waals surface area contributed by atoms with Crippen LogP contribution in [0.5, 0.6) is 0 Å². The summed E-state index contributed by atoms with van der Waals surface area (Å²) in [6.45, 7) is 0.0152. The van der Waals surface area contributed by atoms with Crippen LogP contribution in [0.1, 0.15) is 6.92 Å². The lowest BCUT2D eigenvalue weighted by atomic mass is 9.95. The molecule has 0 saturated carbocycles. The van der Waals surface area contributed by atoms with Gasteiger partial charge in [0.1, 0.15) is 48.8 Å². The third-order valence-electron chi connectivity index (χ3n) is 4.73. The number of nitrogens with one attached hydrogen (secondary N) is 1. The van der Waals surface area contributed by atoms with Crippen molar-refractivity contribution < 1.29 is 66.4 Å². The van der Waals surface area contributed by atoms with Gasteiger partial charge in [-0.1, -0.05) is 0 Å². The molecule has 15 nitrogen and oxygen atoms in total. The first kappa shape index (κ1) is 26.2.